The zero-order valence-corrected chi connectivity index (χ0v) is 12.7. The van der Waals surface area contributed by atoms with Crippen LogP contribution in [-0.2, 0) is 6.42 Å². The molecule has 19 heavy (non-hydrogen) atoms. The summed E-state index contributed by atoms with van der Waals surface area (Å²) >= 11 is 9.31. The summed E-state index contributed by atoms with van der Waals surface area (Å²) in [7, 11) is 0. The summed E-state index contributed by atoms with van der Waals surface area (Å²) in [4.78, 5) is 0. The molecule has 0 spiro atoms. The molecular weight excluding hydrogens is 331 g/mol. The van der Waals surface area contributed by atoms with Gasteiger partial charge in [-0.1, -0.05) is 39.7 Å². The molecule has 0 radical (unpaired) electrons. The predicted molar refractivity (Wildman–Crippen MR) is 79.0 cm³/mol. The number of hydrogen-bond donors (Lipinski definition) is 1. The van der Waals surface area contributed by atoms with Crippen molar-refractivity contribution >= 4 is 27.5 Å². The summed E-state index contributed by atoms with van der Waals surface area (Å²) in [6.07, 6.45) is -0.339. The molecule has 0 bridgehead atoms. The second kappa shape index (κ2) is 6.04. The summed E-state index contributed by atoms with van der Waals surface area (Å²) in [5.74, 6) is -0.308. The van der Waals surface area contributed by atoms with Gasteiger partial charge in [0.05, 0.1) is 6.10 Å². The van der Waals surface area contributed by atoms with E-state index in [0.717, 1.165) is 21.2 Å². The highest BCUT2D eigenvalue weighted by Gasteiger charge is 2.12. The Balaban J connectivity index is 2.22. The minimum atomic E-state index is -0.686. The first kappa shape index (κ1) is 14.5. The van der Waals surface area contributed by atoms with Crippen molar-refractivity contribution in [3.05, 3.63) is 68.4 Å². The molecule has 0 aromatic heterocycles. The van der Waals surface area contributed by atoms with Crippen LogP contribution in [0.25, 0.3) is 0 Å². The van der Waals surface area contributed by atoms with Gasteiger partial charge < -0.3 is 5.11 Å². The van der Waals surface area contributed by atoms with Crippen LogP contribution >= 0.6 is 27.5 Å². The summed E-state index contributed by atoms with van der Waals surface area (Å²) in [6.45, 7) is 1.89. The molecule has 0 aliphatic heterocycles. The van der Waals surface area contributed by atoms with Gasteiger partial charge in [0.1, 0.15) is 5.82 Å². The Morgan fingerprint density at radius 2 is 2.00 bits per heavy atom. The van der Waals surface area contributed by atoms with Gasteiger partial charge in [0.25, 0.3) is 0 Å². The molecule has 2 aromatic rings. The third-order valence-corrected chi connectivity index (χ3v) is 4.19. The van der Waals surface area contributed by atoms with Crippen LogP contribution in [0.4, 0.5) is 4.39 Å². The smallest absolute Gasteiger partial charge is 0.123 e. The highest BCUT2D eigenvalue weighted by molar-refractivity contribution is 9.10. The fourth-order valence-electron chi connectivity index (χ4n) is 1.90. The van der Waals surface area contributed by atoms with Crippen molar-refractivity contribution in [2.24, 2.45) is 0 Å². The molecule has 0 aliphatic rings. The third kappa shape index (κ3) is 3.56. The molecule has 100 valence electrons. The molecule has 0 aliphatic carbocycles. The van der Waals surface area contributed by atoms with Crippen molar-refractivity contribution < 1.29 is 9.50 Å². The van der Waals surface area contributed by atoms with E-state index in [-0.39, 0.29) is 5.82 Å². The lowest BCUT2D eigenvalue weighted by Gasteiger charge is -2.13. The highest BCUT2D eigenvalue weighted by atomic mass is 79.9. The van der Waals surface area contributed by atoms with Crippen molar-refractivity contribution in [3.63, 3.8) is 0 Å². The number of aliphatic hydroxyl groups is 1. The maximum atomic E-state index is 13.2. The molecule has 0 amide bonds. The van der Waals surface area contributed by atoms with E-state index in [1.165, 1.54) is 12.1 Å². The molecule has 1 unspecified atom stereocenters. The van der Waals surface area contributed by atoms with Gasteiger partial charge in [-0.15, -0.1) is 0 Å². The van der Waals surface area contributed by atoms with Crippen LogP contribution in [0, 0.1) is 12.7 Å². The van der Waals surface area contributed by atoms with E-state index in [1.54, 1.807) is 18.2 Å². The number of rotatable bonds is 3. The number of aryl methyl sites for hydroxylation is 1. The molecule has 1 nitrogen and oxygen atoms in total. The molecule has 1 atom stereocenters. The molecule has 2 rings (SSSR count). The van der Waals surface area contributed by atoms with Gasteiger partial charge in [0, 0.05) is 15.9 Å². The largest absolute Gasteiger partial charge is 0.388 e. The number of aliphatic hydroxyl groups excluding tert-OH is 1. The van der Waals surface area contributed by atoms with Crippen molar-refractivity contribution in [2.45, 2.75) is 19.4 Å². The van der Waals surface area contributed by atoms with E-state index < -0.39 is 6.10 Å². The first-order valence-corrected chi connectivity index (χ1v) is 7.02. The Hall–Kier alpha value is -0.900. The van der Waals surface area contributed by atoms with Crippen LogP contribution < -0.4 is 0 Å². The Kier molecular flexibility index (Phi) is 4.61. The van der Waals surface area contributed by atoms with E-state index >= 15 is 0 Å². The van der Waals surface area contributed by atoms with Gasteiger partial charge >= 0.3 is 0 Å². The van der Waals surface area contributed by atoms with E-state index in [2.05, 4.69) is 15.9 Å². The predicted octanol–water partition coefficient (Wildman–Crippen LogP) is 4.83. The summed E-state index contributed by atoms with van der Waals surface area (Å²) in [5.41, 5.74) is 2.43. The molecule has 0 saturated heterocycles. The van der Waals surface area contributed by atoms with E-state index in [4.69, 9.17) is 11.6 Å². The SMILES string of the molecule is Cc1cc(C(O)Cc2cc(F)ccc2Br)ccc1Cl. The maximum Gasteiger partial charge on any atom is 0.123 e. The van der Waals surface area contributed by atoms with Gasteiger partial charge in [-0.2, -0.15) is 0 Å². The molecular formula is C15H13BrClFO. The van der Waals surface area contributed by atoms with Crippen LogP contribution in [0.1, 0.15) is 22.8 Å². The highest BCUT2D eigenvalue weighted by Crippen LogP contribution is 2.26. The van der Waals surface area contributed by atoms with Crippen molar-refractivity contribution in [3.8, 4) is 0 Å². The normalized spacial score (nSPS) is 12.5. The minimum Gasteiger partial charge on any atom is -0.388 e. The third-order valence-electron chi connectivity index (χ3n) is 2.99. The quantitative estimate of drug-likeness (QED) is 0.846. The van der Waals surface area contributed by atoms with Gasteiger partial charge in [0.15, 0.2) is 0 Å². The Morgan fingerprint density at radius 3 is 2.68 bits per heavy atom. The Bertz CT molecular complexity index is 601. The Labute approximate surface area is 125 Å². The lowest BCUT2D eigenvalue weighted by molar-refractivity contribution is 0.178. The fourth-order valence-corrected chi connectivity index (χ4v) is 2.43. The molecule has 1 N–H and O–H groups in total. The number of halogens is 3. The van der Waals surface area contributed by atoms with E-state index in [1.807, 2.05) is 13.0 Å². The molecule has 4 heteroatoms. The summed E-state index contributed by atoms with van der Waals surface area (Å²) in [5, 5.41) is 10.9. The second-order valence-corrected chi connectivity index (χ2v) is 5.73. The maximum absolute atomic E-state index is 13.2. The first-order valence-electron chi connectivity index (χ1n) is 5.85. The fraction of sp³-hybridized carbons (Fsp3) is 0.200. The van der Waals surface area contributed by atoms with Crippen LogP contribution in [0.5, 0.6) is 0 Å². The molecule has 0 fully saturated rings. The van der Waals surface area contributed by atoms with E-state index in [9.17, 15) is 9.50 Å². The van der Waals surface area contributed by atoms with E-state index in [0.29, 0.717) is 11.4 Å². The molecule has 2 aromatic carbocycles. The summed E-state index contributed by atoms with van der Waals surface area (Å²) < 4.78 is 14.0. The molecule has 0 saturated carbocycles. The van der Waals surface area contributed by atoms with Gasteiger partial charge in [-0.05, 0) is 47.9 Å². The average Bonchev–Trinajstić information content (AvgIpc) is 2.37. The topological polar surface area (TPSA) is 20.2 Å². The monoisotopic (exact) mass is 342 g/mol. The van der Waals surface area contributed by atoms with Crippen LogP contribution in [-0.4, -0.2) is 5.11 Å². The first-order chi connectivity index (χ1) is 8.97. The molecule has 0 heterocycles. The van der Waals surface area contributed by atoms with Crippen molar-refractivity contribution in [2.75, 3.05) is 0 Å². The van der Waals surface area contributed by atoms with Gasteiger partial charge in [-0.25, -0.2) is 4.39 Å². The summed E-state index contributed by atoms with van der Waals surface area (Å²) in [6, 6.07) is 9.84. The van der Waals surface area contributed by atoms with Crippen molar-refractivity contribution in [1.29, 1.82) is 0 Å². The van der Waals surface area contributed by atoms with Gasteiger partial charge in [0.2, 0.25) is 0 Å². The standard InChI is InChI=1S/C15H13BrClFO/c1-9-6-10(2-5-14(9)17)15(19)8-11-7-12(18)3-4-13(11)16/h2-7,15,19H,8H2,1H3. The van der Waals surface area contributed by atoms with Crippen LogP contribution in [0.2, 0.25) is 5.02 Å². The van der Waals surface area contributed by atoms with Gasteiger partial charge in [-0.3, -0.25) is 0 Å². The second-order valence-electron chi connectivity index (χ2n) is 4.46. The lowest BCUT2D eigenvalue weighted by Crippen LogP contribution is -2.03. The number of benzene rings is 2. The van der Waals surface area contributed by atoms with Crippen LogP contribution in [0.15, 0.2) is 40.9 Å². The lowest BCUT2D eigenvalue weighted by atomic mass is 10.00. The average molecular weight is 344 g/mol. The minimum absolute atomic E-state index is 0.308. The zero-order chi connectivity index (χ0) is 14.0. The number of hydrogen-bond acceptors (Lipinski definition) is 1. The van der Waals surface area contributed by atoms with Crippen molar-refractivity contribution in [1.82, 2.24) is 0 Å². The zero-order valence-electron chi connectivity index (χ0n) is 10.3. The Morgan fingerprint density at radius 1 is 1.26 bits per heavy atom. The van der Waals surface area contributed by atoms with Crippen LogP contribution in [0.3, 0.4) is 0 Å².